The number of benzene rings is 1. The summed E-state index contributed by atoms with van der Waals surface area (Å²) in [7, 11) is -2.31. The van der Waals surface area contributed by atoms with Gasteiger partial charge in [-0.25, -0.2) is 0 Å². The van der Waals surface area contributed by atoms with Crippen LogP contribution in [0.5, 0.6) is 0 Å². The SMILES string of the molecule is O[SiH](O[SiH2]O[SiH3])c1ccccc1. The summed E-state index contributed by atoms with van der Waals surface area (Å²) in [5.41, 5.74) is 0. The molecule has 66 valence electrons. The van der Waals surface area contributed by atoms with Gasteiger partial charge in [-0.1, -0.05) is 30.3 Å². The third-order valence-corrected chi connectivity index (χ3v) is 5.13. The predicted octanol–water partition coefficient (Wildman–Crippen LogP) is -2.58. The summed E-state index contributed by atoms with van der Waals surface area (Å²) < 4.78 is 10.2. The van der Waals surface area contributed by atoms with Crippen molar-refractivity contribution < 1.29 is 13.0 Å². The second kappa shape index (κ2) is 5.41. The standard InChI is InChI=1S/C6H12O3Si3/c7-12(9-11-8-10)6-4-2-1-3-5-6/h1-5,7,12H,11H2,10H3. The van der Waals surface area contributed by atoms with E-state index in [1.54, 1.807) is 0 Å². The highest BCUT2D eigenvalue weighted by Gasteiger charge is 2.09. The molecule has 0 bridgehead atoms. The highest BCUT2D eigenvalue weighted by atomic mass is 28.4. The minimum atomic E-state index is -2.12. The Morgan fingerprint density at radius 1 is 1.33 bits per heavy atom. The zero-order valence-corrected chi connectivity index (χ0v) is 11.5. The fraction of sp³-hybridized carbons (Fsp3) is 0. The topological polar surface area (TPSA) is 38.7 Å². The van der Waals surface area contributed by atoms with E-state index in [1.807, 2.05) is 30.3 Å². The van der Waals surface area contributed by atoms with Gasteiger partial charge in [0.05, 0.1) is 0 Å². The quantitative estimate of drug-likeness (QED) is 0.562. The molecule has 1 aromatic carbocycles. The van der Waals surface area contributed by atoms with E-state index in [0.29, 0.717) is 10.5 Å². The van der Waals surface area contributed by atoms with Gasteiger partial charge in [-0.05, 0) is 5.19 Å². The Morgan fingerprint density at radius 3 is 2.58 bits per heavy atom. The maximum absolute atomic E-state index is 9.54. The van der Waals surface area contributed by atoms with Gasteiger partial charge in [-0.2, -0.15) is 0 Å². The molecule has 0 saturated carbocycles. The molecule has 1 unspecified atom stereocenters. The molecule has 1 rings (SSSR count). The van der Waals surface area contributed by atoms with E-state index in [0.717, 1.165) is 5.19 Å². The third-order valence-electron chi connectivity index (χ3n) is 1.43. The summed E-state index contributed by atoms with van der Waals surface area (Å²) in [5, 5.41) is 0.920. The monoisotopic (exact) mass is 216 g/mol. The summed E-state index contributed by atoms with van der Waals surface area (Å²) in [4.78, 5) is 9.54. The first-order chi connectivity index (χ1) is 5.84. The maximum Gasteiger partial charge on any atom is 0.343 e. The average molecular weight is 216 g/mol. The molecule has 12 heavy (non-hydrogen) atoms. The Kier molecular flexibility index (Phi) is 4.43. The molecular weight excluding hydrogens is 204 g/mol. The molecule has 0 aliphatic carbocycles. The third kappa shape index (κ3) is 3.01. The van der Waals surface area contributed by atoms with Crippen LogP contribution in [-0.4, -0.2) is 34.6 Å². The molecular formula is C6H12O3Si3. The van der Waals surface area contributed by atoms with E-state index in [1.165, 1.54) is 0 Å². The van der Waals surface area contributed by atoms with Crippen molar-refractivity contribution in [3.63, 3.8) is 0 Å². The van der Waals surface area contributed by atoms with Crippen molar-refractivity contribution in [3.05, 3.63) is 30.3 Å². The summed E-state index contributed by atoms with van der Waals surface area (Å²) in [5.74, 6) is 0. The van der Waals surface area contributed by atoms with Crippen LogP contribution in [0.1, 0.15) is 0 Å². The molecule has 0 radical (unpaired) electrons. The van der Waals surface area contributed by atoms with Crippen molar-refractivity contribution >= 4 is 35.0 Å². The van der Waals surface area contributed by atoms with Crippen molar-refractivity contribution in [2.45, 2.75) is 0 Å². The number of rotatable bonds is 4. The molecule has 1 N–H and O–H groups in total. The van der Waals surface area contributed by atoms with E-state index in [2.05, 4.69) is 0 Å². The second-order valence-electron chi connectivity index (χ2n) is 2.34. The van der Waals surface area contributed by atoms with Gasteiger partial charge in [0, 0.05) is 0 Å². The van der Waals surface area contributed by atoms with Gasteiger partial charge in [-0.3, -0.25) is 0 Å². The second-order valence-corrected chi connectivity index (χ2v) is 7.59. The summed E-state index contributed by atoms with van der Waals surface area (Å²) >= 11 is 0. The van der Waals surface area contributed by atoms with Crippen LogP contribution in [0.2, 0.25) is 0 Å². The van der Waals surface area contributed by atoms with Crippen molar-refractivity contribution in [2.75, 3.05) is 0 Å². The fourth-order valence-electron chi connectivity index (χ4n) is 0.846. The molecule has 1 aromatic rings. The first-order valence-corrected chi connectivity index (χ1v) is 7.22. The molecule has 3 nitrogen and oxygen atoms in total. The molecule has 0 heterocycles. The van der Waals surface area contributed by atoms with Crippen LogP contribution in [0.25, 0.3) is 0 Å². The number of hydrogen-bond acceptors (Lipinski definition) is 3. The van der Waals surface area contributed by atoms with E-state index in [4.69, 9.17) is 8.23 Å². The Balaban J connectivity index is 2.48. The first-order valence-electron chi connectivity index (χ1n) is 3.68. The summed E-state index contributed by atoms with van der Waals surface area (Å²) in [6.45, 7) is 0. The molecule has 0 amide bonds. The lowest BCUT2D eigenvalue weighted by molar-refractivity contribution is 0.407. The van der Waals surface area contributed by atoms with Gasteiger partial charge in [0.25, 0.3) is 10.0 Å². The highest BCUT2D eigenvalue weighted by molar-refractivity contribution is 6.64. The lowest BCUT2D eigenvalue weighted by Crippen LogP contribution is -2.35. The zero-order valence-electron chi connectivity index (χ0n) is 6.93. The largest absolute Gasteiger partial charge is 0.449 e. The van der Waals surface area contributed by atoms with E-state index in [9.17, 15) is 4.80 Å². The average Bonchev–Trinajstić information content (AvgIpc) is 2.15. The first kappa shape index (κ1) is 9.84. The van der Waals surface area contributed by atoms with Crippen LogP contribution < -0.4 is 5.19 Å². The van der Waals surface area contributed by atoms with Crippen molar-refractivity contribution in [1.82, 2.24) is 0 Å². The Bertz CT molecular complexity index is 219. The molecule has 0 spiro atoms. The molecule has 0 aliphatic rings. The van der Waals surface area contributed by atoms with Crippen molar-refractivity contribution in [1.29, 1.82) is 0 Å². The minimum absolute atomic E-state index is 0.705. The van der Waals surface area contributed by atoms with E-state index >= 15 is 0 Å². The molecule has 6 heteroatoms. The Morgan fingerprint density at radius 2 is 2.00 bits per heavy atom. The van der Waals surface area contributed by atoms with Crippen molar-refractivity contribution in [2.24, 2.45) is 0 Å². The van der Waals surface area contributed by atoms with Crippen LogP contribution in [0.15, 0.2) is 30.3 Å². The Labute approximate surface area is 78.8 Å². The molecule has 1 atom stereocenters. The molecule has 0 aromatic heterocycles. The van der Waals surface area contributed by atoms with Gasteiger partial charge in [0.1, 0.15) is 10.5 Å². The van der Waals surface area contributed by atoms with E-state index < -0.39 is 19.3 Å². The Hall–Kier alpha value is -0.249. The normalized spacial score (nSPS) is 14.1. The number of hydrogen-bond donors (Lipinski definition) is 1. The lowest BCUT2D eigenvalue weighted by atomic mass is 10.4. The zero-order chi connectivity index (χ0) is 8.81. The van der Waals surface area contributed by atoms with Gasteiger partial charge in [-0.15, -0.1) is 0 Å². The maximum atomic E-state index is 9.54. The predicted molar refractivity (Wildman–Crippen MR) is 56.1 cm³/mol. The van der Waals surface area contributed by atoms with Gasteiger partial charge in [0.15, 0.2) is 0 Å². The summed E-state index contributed by atoms with van der Waals surface area (Å²) in [6.07, 6.45) is 0. The molecule has 0 fully saturated rings. The van der Waals surface area contributed by atoms with Crippen LogP contribution in [0, 0.1) is 0 Å². The van der Waals surface area contributed by atoms with Crippen molar-refractivity contribution in [3.8, 4) is 0 Å². The van der Waals surface area contributed by atoms with Crippen LogP contribution >= 0.6 is 0 Å². The fourth-order valence-corrected chi connectivity index (χ4v) is 4.45. The molecule has 0 saturated heterocycles. The minimum Gasteiger partial charge on any atom is -0.449 e. The molecule has 0 aliphatic heterocycles. The smallest absolute Gasteiger partial charge is 0.343 e. The van der Waals surface area contributed by atoms with E-state index in [-0.39, 0.29) is 0 Å². The van der Waals surface area contributed by atoms with Gasteiger partial charge in [0.2, 0.25) is 0 Å². The van der Waals surface area contributed by atoms with Crippen LogP contribution in [0.3, 0.4) is 0 Å². The van der Waals surface area contributed by atoms with Crippen LogP contribution in [0.4, 0.5) is 0 Å². The highest BCUT2D eigenvalue weighted by Crippen LogP contribution is 1.86. The summed E-state index contributed by atoms with van der Waals surface area (Å²) in [6, 6.07) is 9.50. The van der Waals surface area contributed by atoms with Gasteiger partial charge >= 0.3 is 9.28 Å². The van der Waals surface area contributed by atoms with Gasteiger partial charge < -0.3 is 13.0 Å². The van der Waals surface area contributed by atoms with Crippen LogP contribution in [-0.2, 0) is 8.23 Å². The lowest BCUT2D eigenvalue weighted by Gasteiger charge is -2.08.